The van der Waals surface area contributed by atoms with Gasteiger partial charge in [0.2, 0.25) is 5.28 Å². The smallest absolute Gasteiger partial charge is 0.218 e. The second kappa shape index (κ2) is 9.54. The van der Waals surface area contributed by atoms with Crippen LogP contribution in [0.25, 0.3) is 22.2 Å². The van der Waals surface area contributed by atoms with Crippen molar-refractivity contribution in [2.75, 3.05) is 0 Å². The third kappa shape index (κ3) is 3.83. The third-order valence-corrected chi connectivity index (χ3v) is 11.8. The van der Waals surface area contributed by atoms with Gasteiger partial charge in [-0.3, -0.25) is 0 Å². The van der Waals surface area contributed by atoms with Crippen molar-refractivity contribution in [2.24, 2.45) is 0 Å². The number of aromatic nitrogens is 2. The van der Waals surface area contributed by atoms with Gasteiger partial charge in [0.05, 0.1) is 11.2 Å². The fourth-order valence-corrected chi connectivity index (χ4v) is 10.1. The van der Waals surface area contributed by atoms with Crippen molar-refractivity contribution in [3.63, 3.8) is 0 Å². The summed E-state index contributed by atoms with van der Waals surface area (Å²) in [4.78, 5) is 9.00. The first-order chi connectivity index (χ1) is 17.8. The van der Waals surface area contributed by atoms with Crippen LogP contribution in [-0.4, -0.2) is 18.0 Å². The molecule has 0 spiro atoms. The Morgan fingerprint density at radius 2 is 0.889 bits per heavy atom. The fourth-order valence-electron chi connectivity index (χ4n) is 5.21. The lowest BCUT2D eigenvalue weighted by Gasteiger charge is -2.34. The van der Waals surface area contributed by atoms with Crippen LogP contribution >= 0.6 is 11.6 Å². The van der Waals surface area contributed by atoms with Crippen LogP contribution in [0.1, 0.15) is 0 Å². The molecule has 0 amide bonds. The fraction of sp³-hybridized carbons (Fsp3) is 0. The lowest BCUT2D eigenvalue weighted by atomic mass is 10.1. The Bertz CT molecular complexity index is 1520. The molecule has 0 unspecified atom stereocenters. The van der Waals surface area contributed by atoms with Crippen LogP contribution in [0, 0.1) is 0 Å². The topological polar surface area (TPSA) is 25.8 Å². The lowest BCUT2D eigenvalue weighted by molar-refractivity contribution is 1.22. The summed E-state index contributed by atoms with van der Waals surface area (Å²) in [5.41, 5.74) is 2.72. The van der Waals surface area contributed by atoms with Crippen molar-refractivity contribution in [3.8, 4) is 11.3 Å². The van der Waals surface area contributed by atoms with Crippen LogP contribution in [-0.2, 0) is 0 Å². The summed E-state index contributed by atoms with van der Waals surface area (Å²) < 4.78 is 0. The average molecular weight is 499 g/mol. The standard InChI is InChI=1S/C32H23ClN2Si/c33-32-34-30-19-11-10-18-29(30)31(35-32)24-20-22-28(23-21-24)36(25-12-4-1-5-13-25,26-14-6-2-7-15-26)27-16-8-3-9-17-27/h1-23H. The maximum absolute atomic E-state index is 6.30. The maximum Gasteiger partial charge on any atom is 0.223 e. The molecule has 0 aliphatic heterocycles. The monoisotopic (exact) mass is 498 g/mol. The summed E-state index contributed by atoms with van der Waals surface area (Å²) in [5, 5.41) is 6.63. The van der Waals surface area contributed by atoms with E-state index in [2.05, 4.69) is 125 Å². The van der Waals surface area contributed by atoms with Gasteiger partial charge in [0.25, 0.3) is 0 Å². The number of nitrogens with zero attached hydrogens (tertiary/aromatic N) is 2. The molecule has 0 N–H and O–H groups in total. The van der Waals surface area contributed by atoms with Gasteiger partial charge >= 0.3 is 0 Å². The van der Waals surface area contributed by atoms with Gasteiger partial charge in [0.15, 0.2) is 8.07 Å². The minimum atomic E-state index is -2.55. The molecular formula is C32H23ClN2Si. The van der Waals surface area contributed by atoms with Gasteiger partial charge < -0.3 is 0 Å². The summed E-state index contributed by atoms with van der Waals surface area (Å²) in [6.45, 7) is 0. The molecular weight excluding hydrogens is 476 g/mol. The minimum absolute atomic E-state index is 0.259. The number of halogens is 1. The van der Waals surface area contributed by atoms with Gasteiger partial charge in [-0.2, -0.15) is 0 Å². The van der Waals surface area contributed by atoms with Crippen LogP contribution in [0.2, 0.25) is 5.28 Å². The van der Waals surface area contributed by atoms with Crippen LogP contribution in [0.15, 0.2) is 140 Å². The number of rotatable bonds is 5. The van der Waals surface area contributed by atoms with E-state index in [-0.39, 0.29) is 5.28 Å². The molecule has 2 nitrogen and oxygen atoms in total. The Labute approximate surface area is 216 Å². The van der Waals surface area contributed by atoms with Crippen LogP contribution in [0.3, 0.4) is 0 Å². The highest BCUT2D eigenvalue weighted by Crippen LogP contribution is 2.27. The SMILES string of the molecule is Clc1nc(-c2ccc([Si](c3ccccc3)(c3ccccc3)c3ccccc3)cc2)c2ccccc2n1. The van der Waals surface area contributed by atoms with E-state index >= 15 is 0 Å². The molecule has 172 valence electrons. The van der Waals surface area contributed by atoms with Crippen molar-refractivity contribution >= 4 is 51.3 Å². The van der Waals surface area contributed by atoms with E-state index in [4.69, 9.17) is 11.6 Å². The number of fused-ring (bicyclic) bond motifs is 1. The van der Waals surface area contributed by atoms with Crippen LogP contribution in [0.5, 0.6) is 0 Å². The average Bonchev–Trinajstić information content (AvgIpc) is 2.95. The van der Waals surface area contributed by atoms with Gasteiger partial charge in [-0.05, 0) is 38.4 Å². The van der Waals surface area contributed by atoms with Crippen LogP contribution in [0.4, 0.5) is 0 Å². The summed E-state index contributed by atoms with van der Waals surface area (Å²) in [7, 11) is -2.55. The first-order valence-corrected chi connectivity index (χ1v) is 14.3. The summed E-state index contributed by atoms with van der Waals surface area (Å²) in [6.07, 6.45) is 0. The first kappa shape index (κ1) is 22.4. The second-order valence-corrected chi connectivity index (χ2v) is 12.9. The zero-order valence-corrected chi connectivity index (χ0v) is 21.3. The summed E-state index contributed by atoms with van der Waals surface area (Å²) in [5.74, 6) is 0. The molecule has 0 bridgehead atoms. The van der Waals surface area contributed by atoms with E-state index in [1.807, 2.05) is 24.3 Å². The van der Waals surface area contributed by atoms with Crippen molar-refractivity contribution in [1.29, 1.82) is 0 Å². The Morgan fingerprint density at radius 3 is 1.42 bits per heavy atom. The maximum atomic E-state index is 6.30. The molecule has 0 fully saturated rings. The Hall–Kier alpha value is -4.05. The molecule has 6 aromatic rings. The lowest BCUT2D eigenvalue weighted by Crippen LogP contribution is -2.74. The molecule has 0 aliphatic carbocycles. The summed E-state index contributed by atoms with van der Waals surface area (Å²) in [6, 6.07) is 49.7. The molecule has 4 heteroatoms. The largest absolute Gasteiger partial charge is 0.223 e. The highest BCUT2D eigenvalue weighted by molar-refractivity contribution is 7.19. The number of hydrogen-bond acceptors (Lipinski definition) is 2. The van der Waals surface area contributed by atoms with Crippen molar-refractivity contribution in [1.82, 2.24) is 9.97 Å². The van der Waals surface area contributed by atoms with E-state index in [0.717, 1.165) is 22.2 Å². The van der Waals surface area contributed by atoms with Crippen molar-refractivity contribution in [2.45, 2.75) is 0 Å². The second-order valence-electron chi connectivity index (χ2n) is 8.78. The molecule has 0 aliphatic rings. The van der Waals surface area contributed by atoms with Gasteiger partial charge in [-0.15, -0.1) is 0 Å². The highest BCUT2D eigenvalue weighted by atomic mass is 35.5. The zero-order chi connectivity index (χ0) is 24.4. The molecule has 5 aromatic carbocycles. The Kier molecular flexibility index (Phi) is 5.94. The van der Waals surface area contributed by atoms with E-state index in [1.54, 1.807) is 0 Å². The molecule has 1 aromatic heterocycles. The van der Waals surface area contributed by atoms with E-state index in [1.165, 1.54) is 20.7 Å². The first-order valence-electron chi connectivity index (χ1n) is 12.0. The van der Waals surface area contributed by atoms with Gasteiger partial charge in [-0.1, -0.05) is 133 Å². The number of benzene rings is 5. The number of para-hydroxylation sites is 1. The highest BCUT2D eigenvalue weighted by Gasteiger charge is 2.41. The van der Waals surface area contributed by atoms with E-state index in [0.29, 0.717) is 0 Å². The molecule has 0 saturated carbocycles. The normalized spacial score (nSPS) is 11.5. The Balaban J connectivity index is 1.60. The molecule has 0 atom stereocenters. The van der Waals surface area contributed by atoms with Gasteiger partial charge in [-0.25, -0.2) is 9.97 Å². The van der Waals surface area contributed by atoms with Gasteiger partial charge in [0, 0.05) is 10.9 Å². The van der Waals surface area contributed by atoms with Gasteiger partial charge in [0.1, 0.15) is 0 Å². The zero-order valence-electron chi connectivity index (χ0n) is 19.6. The molecule has 1 heterocycles. The Morgan fingerprint density at radius 1 is 0.444 bits per heavy atom. The molecule has 0 saturated heterocycles. The molecule has 6 rings (SSSR count). The van der Waals surface area contributed by atoms with Crippen molar-refractivity contribution < 1.29 is 0 Å². The number of hydrogen-bond donors (Lipinski definition) is 0. The van der Waals surface area contributed by atoms with Crippen LogP contribution < -0.4 is 20.7 Å². The molecule has 0 radical (unpaired) electrons. The predicted octanol–water partition coefficient (Wildman–Crippen LogP) is 5.33. The third-order valence-electron chi connectivity index (χ3n) is 6.79. The summed E-state index contributed by atoms with van der Waals surface area (Å²) >= 11 is 6.30. The molecule has 36 heavy (non-hydrogen) atoms. The predicted molar refractivity (Wildman–Crippen MR) is 154 cm³/mol. The minimum Gasteiger partial charge on any atom is -0.218 e. The van der Waals surface area contributed by atoms with Crippen molar-refractivity contribution in [3.05, 3.63) is 145 Å². The quantitative estimate of drug-likeness (QED) is 0.182. The van der Waals surface area contributed by atoms with E-state index < -0.39 is 8.07 Å². The van der Waals surface area contributed by atoms with E-state index in [9.17, 15) is 0 Å².